The van der Waals surface area contributed by atoms with E-state index in [0.29, 0.717) is 43.2 Å². The number of rotatable bonds is 4. The molecule has 0 atom stereocenters. The van der Waals surface area contributed by atoms with Gasteiger partial charge in [-0.1, -0.05) is 29.5 Å². The summed E-state index contributed by atoms with van der Waals surface area (Å²) in [5.74, 6) is 0.847. The minimum Gasteiger partial charge on any atom is -0.411 e. The van der Waals surface area contributed by atoms with E-state index in [0.717, 1.165) is 5.56 Å². The maximum atomic E-state index is 12.0. The molecule has 3 rings (SSSR count). The predicted octanol–water partition coefficient (Wildman–Crippen LogP) is 2.00. The van der Waals surface area contributed by atoms with Crippen molar-refractivity contribution in [1.82, 2.24) is 15.1 Å². The Morgan fingerprint density at radius 1 is 1.23 bits per heavy atom. The lowest BCUT2D eigenvalue weighted by Crippen LogP contribution is -2.41. The summed E-state index contributed by atoms with van der Waals surface area (Å²) in [4.78, 5) is 13.8. The molecule has 0 spiro atoms. The highest BCUT2D eigenvalue weighted by Gasteiger charge is 2.18. The Bertz CT molecular complexity index is 636. The number of nitrogens with zero attached hydrogens (tertiary/aromatic N) is 3. The Morgan fingerprint density at radius 3 is 2.68 bits per heavy atom. The van der Waals surface area contributed by atoms with E-state index in [-0.39, 0.29) is 5.91 Å². The number of hydrogen-bond acceptors (Lipinski definition) is 6. The molecule has 0 N–H and O–H groups in total. The normalized spacial score (nSPS) is 15.0. The van der Waals surface area contributed by atoms with Crippen molar-refractivity contribution in [2.45, 2.75) is 12.1 Å². The Morgan fingerprint density at radius 2 is 1.95 bits per heavy atom. The van der Waals surface area contributed by atoms with Gasteiger partial charge in [0.2, 0.25) is 11.8 Å². The van der Waals surface area contributed by atoms with E-state index in [1.54, 1.807) is 4.90 Å². The van der Waals surface area contributed by atoms with Gasteiger partial charge in [-0.15, -0.1) is 10.2 Å². The largest absolute Gasteiger partial charge is 0.411 e. The Hall–Kier alpha value is -1.86. The quantitative estimate of drug-likeness (QED) is 0.803. The van der Waals surface area contributed by atoms with Crippen LogP contribution in [-0.2, 0) is 9.53 Å². The minimum atomic E-state index is 0.0726. The average molecular weight is 319 g/mol. The molecule has 22 heavy (non-hydrogen) atoms. The van der Waals surface area contributed by atoms with Gasteiger partial charge in [-0.3, -0.25) is 4.79 Å². The van der Waals surface area contributed by atoms with Crippen LogP contribution in [0.2, 0.25) is 0 Å². The van der Waals surface area contributed by atoms with Crippen LogP contribution in [0, 0.1) is 6.92 Å². The molecular formula is C15H17N3O3S. The highest BCUT2D eigenvalue weighted by molar-refractivity contribution is 7.99. The lowest BCUT2D eigenvalue weighted by molar-refractivity contribution is -0.132. The summed E-state index contributed by atoms with van der Waals surface area (Å²) in [7, 11) is 0. The van der Waals surface area contributed by atoms with Gasteiger partial charge >= 0.3 is 0 Å². The average Bonchev–Trinajstić information content (AvgIpc) is 3.03. The minimum absolute atomic E-state index is 0.0726. The van der Waals surface area contributed by atoms with Gasteiger partial charge in [0, 0.05) is 18.7 Å². The van der Waals surface area contributed by atoms with Crippen molar-refractivity contribution >= 4 is 17.7 Å². The van der Waals surface area contributed by atoms with Gasteiger partial charge in [-0.05, 0) is 19.1 Å². The van der Waals surface area contributed by atoms with E-state index in [9.17, 15) is 4.79 Å². The third-order valence-corrected chi connectivity index (χ3v) is 4.19. The summed E-state index contributed by atoms with van der Waals surface area (Å²) in [5, 5.41) is 8.42. The SMILES string of the molecule is Cc1ccc(-c2nnc(SCC(=O)N3CCOCC3)o2)cc1. The van der Waals surface area contributed by atoms with Gasteiger partial charge in [0.25, 0.3) is 5.22 Å². The van der Waals surface area contributed by atoms with Gasteiger partial charge in [0.05, 0.1) is 19.0 Å². The molecule has 1 aliphatic heterocycles. The Kier molecular flexibility index (Phi) is 4.74. The molecule has 0 radical (unpaired) electrons. The molecule has 1 aromatic heterocycles. The van der Waals surface area contributed by atoms with Crippen molar-refractivity contribution in [1.29, 1.82) is 0 Å². The molecule has 1 fully saturated rings. The first-order valence-electron chi connectivity index (χ1n) is 7.11. The van der Waals surface area contributed by atoms with Gasteiger partial charge in [0.15, 0.2) is 0 Å². The lowest BCUT2D eigenvalue weighted by Gasteiger charge is -2.26. The summed E-state index contributed by atoms with van der Waals surface area (Å²) in [6.07, 6.45) is 0. The maximum Gasteiger partial charge on any atom is 0.277 e. The number of hydrogen-bond donors (Lipinski definition) is 0. The van der Waals surface area contributed by atoms with Crippen molar-refractivity contribution in [2.75, 3.05) is 32.1 Å². The first-order chi connectivity index (χ1) is 10.7. The molecular weight excluding hydrogens is 302 g/mol. The van der Waals surface area contributed by atoms with Gasteiger partial charge in [0.1, 0.15) is 0 Å². The van der Waals surface area contributed by atoms with Crippen LogP contribution in [-0.4, -0.2) is 53.1 Å². The van der Waals surface area contributed by atoms with Crippen LogP contribution >= 0.6 is 11.8 Å². The van der Waals surface area contributed by atoms with Crippen molar-refractivity contribution < 1.29 is 13.9 Å². The molecule has 1 amide bonds. The Labute approximate surface area is 132 Å². The molecule has 2 heterocycles. The van der Waals surface area contributed by atoms with E-state index in [2.05, 4.69) is 10.2 Å². The monoisotopic (exact) mass is 319 g/mol. The first kappa shape index (κ1) is 15.1. The second-order valence-corrected chi connectivity index (χ2v) is 5.95. The Balaban J connectivity index is 1.57. The number of aryl methyl sites for hydroxylation is 1. The number of aromatic nitrogens is 2. The molecule has 2 aromatic rings. The zero-order chi connectivity index (χ0) is 15.4. The van der Waals surface area contributed by atoms with Crippen LogP contribution in [0.5, 0.6) is 0 Å². The van der Waals surface area contributed by atoms with E-state index in [1.807, 2.05) is 31.2 Å². The molecule has 0 bridgehead atoms. The predicted molar refractivity (Wildman–Crippen MR) is 82.6 cm³/mol. The molecule has 1 saturated heterocycles. The third-order valence-electron chi connectivity index (χ3n) is 3.39. The van der Waals surface area contributed by atoms with E-state index in [1.165, 1.54) is 17.3 Å². The standard InChI is InChI=1S/C15H17N3O3S/c1-11-2-4-12(5-3-11)14-16-17-15(21-14)22-10-13(19)18-6-8-20-9-7-18/h2-5H,6-10H2,1H3. The second kappa shape index (κ2) is 6.93. The number of thioether (sulfide) groups is 1. The fraction of sp³-hybridized carbons (Fsp3) is 0.400. The fourth-order valence-corrected chi connectivity index (χ4v) is 2.77. The fourth-order valence-electron chi connectivity index (χ4n) is 2.11. The summed E-state index contributed by atoms with van der Waals surface area (Å²) >= 11 is 1.27. The number of benzene rings is 1. The first-order valence-corrected chi connectivity index (χ1v) is 8.10. The highest BCUT2D eigenvalue weighted by Crippen LogP contribution is 2.23. The topological polar surface area (TPSA) is 68.5 Å². The number of carbonyl (C=O) groups is 1. The summed E-state index contributed by atoms with van der Waals surface area (Å²) < 4.78 is 10.8. The molecule has 1 aromatic carbocycles. The molecule has 7 heteroatoms. The van der Waals surface area contributed by atoms with Crippen molar-refractivity contribution in [2.24, 2.45) is 0 Å². The number of morpholine rings is 1. The van der Waals surface area contributed by atoms with Crippen LogP contribution < -0.4 is 0 Å². The van der Waals surface area contributed by atoms with Crippen LogP contribution in [0.4, 0.5) is 0 Å². The van der Waals surface area contributed by atoms with Crippen LogP contribution in [0.1, 0.15) is 5.56 Å². The van der Waals surface area contributed by atoms with Crippen LogP contribution in [0.15, 0.2) is 33.9 Å². The van der Waals surface area contributed by atoms with Crippen molar-refractivity contribution in [3.63, 3.8) is 0 Å². The zero-order valence-electron chi connectivity index (χ0n) is 12.3. The molecule has 1 aliphatic rings. The van der Waals surface area contributed by atoms with Gasteiger partial charge in [-0.25, -0.2) is 0 Å². The number of carbonyl (C=O) groups excluding carboxylic acids is 1. The molecule has 6 nitrogen and oxygen atoms in total. The molecule has 0 aliphatic carbocycles. The molecule has 0 unspecified atom stereocenters. The summed E-state index contributed by atoms with van der Waals surface area (Å²) in [6.45, 7) is 4.54. The van der Waals surface area contributed by atoms with E-state index >= 15 is 0 Å². The van der Waals surface area contributed by atoms with Crippen LogP contribution in [0.3, 0.4) is 0 Å². The molecule has 0 saturated carbocycles. The van der Waals surface area contributed by atoms with Crippen molar-refractivity contribution in [3.8, 4) is 11.5 Å². The van der Waals surface area contributed by atoms with Gasteiger partial charge in [-0.2, -0.15) is 0 Å². The van der Waals surface area contributed by atoms with Gasteiger partial charge < -0.3 is 14.1 Å². The highest BCUT2D eigenvalue weighted by atomic mass is 32.2. The summed E-state index contributed by atoms with van der Waals surface area (Å²) in [6, 6.07) is 7.87. The zero-order valence-corrected chi connectivity index (χ0v) is 13.1. The van der Waals surface area contributed by atoms with E-state index < -0.39 is 0 Å². The molecule has 116 valence electrons. The second-order valence-electron chi connectivity index (χ2n) is 5.02. The third kappa shape index (κ3) is 3.66. The lowest BCUT2D eigenvalue weighted by atomic mass is 10.1. The maximum absolute atomic E-state index is 12.0. The number of amides is 1. The van der Waals surface area contributed by atoms with Crippen LogP contribution in [0.25, 0.3) is 11.5 Å². The smallest absolute Gasteiger partial charge is 0.277 e. The summed E-state index contributed by atoms with van der Waals surface area (Å²) in [5.41, 5.74) is 2.05. The van der Waals surface area contributed by atoms with Crippen molar-refractivity contribution in [3.05, 3.63) is 29.8 Å². The van der Waals surface area contributed by atoms with E-state index in [4.69, 9.17) is 9.15 Å². The number of ether oxygens (including phenoxy) is 1.